The van der Waals surface area contributed by atoms with Crippen molar-refractivity contribution in [1.82, 2.24) is 0 Å². The van der Waals surface area contributed by atoms with Gasteiger partial charge >= 0.3 is 41.3 Å². The van der Waals surface area contributed by atoms with Crippen molar-refractivity contribution in [1.29, 1.82) is 15.8 Å². The summed E-state index contributed by atoms with van der Waals surface area (Å²) in [4.78, 5) is 0. The zero-order valence-electron chi connectivity index (χ0n) is 3.42. The topological polar surface area (TPSA) is 71.4 Å². The van der Waals surface area contributed by atoms with Crippen molar-refractivity contribution in [2.75, 3.05) is 0 Å². The molecule has 0 unspecified atom stereocenters. The van der Waals surface area contributed by atoms with Crippen molar-refractivity contribution in [3.05, 3.63) is 19.7 Å². The van der Waals surface area contributed by atoms with E-state index in [0.717, 1.165) is 0 Å². The maximum atomic E-state index is 6.25. The van der Waals surface area contributed by atoms with E-state index >= 15 is 0 Å². The monoisotopic (exact) mass is 219 g/mol. The van der Waals surface area contributed by atoms with Crippen molar-refractivity contribution < 1.29 is 41.3 Å². The van der Waals surface area contributed by atoms with E-state index in [9.17, 15) is 0 Å². The van der Waals surface area contributed by atoms with Gasteiger partial charge in [-0.05, 0) is 0 Å². The Morgan fingerprint density at radius 2 is 0.571 bits per heavy atom. The number of hydrogen-bond donors (Lipinski definition) is 0. The molecule has 0 aromatic rings. The fraction of sp³-hybridized carbons (Fsp3) is 0. The van der Waals surface area contributed by atoms with Gasteiger partial charge in [-0.15, -0.1) is 0 Å². The van der Waals surface area contributed by atoms with Gasteiger partial charge in [-0.25, -0.2) is 0 Å². The van der Waals surface area contributed by atoms with Crippen LogP contribution in [0.3, 0.4) is 0 Å². The number of rotatable bonds is 0. The molecule has 30 valence electrons. The fourth-order valence-corrected chi connectivity index (χ4v) is 0. The first-order chi connectivity index (χ1) is 3.00. The van der Waals surface area contributed by atoms with E-state index < -0.39 is 0 Å². The molecule has 3 nitrogen and oxygen atoms in total. The molecule has 0 aliphatic carbocycles. The standard InChI is InChI=1S/3CN.Pr/c3*1-2;/q3*-1;+3. The van der Waals surface area contributed by atoms with Crippen LogP contribution in [-0.4, -0.2) is 0 Å². The van der Waals surface area contributed by atoms with Crippen LogP contribution in [0.25, 0.3) is 0 Å². The van der Waals surface area contributed by atoms with Crippen molar-refractivity contribution in [2.24, 2.45) is 0 Å². The van der Waals surface area contributed by atoms with E-state index in [1.165, 1.54) is 0 Å². The molecule has 0 aliphatic rings. The third-order valence-corrected chi connectivity index (χ3v) is 0. The zero-order chi connectivity index (χ0) is 6.00. The molecule has 7 heavy (non-hydrogen) atoms. The SMILES string of the molecule is [C-]#N.[C-]#N.[C-]#N.[Pr+3]. The van der Waals surface area contributed by atoms with E-state index in [4.69, 9.17) is 35.5 Å². The van der Waals surface area contributed by atoms with E-state index in [1.807, 2.05) is 0 Å². The molecular formula is C3N3Pr. The van der Waals surface area contributed by atoms with Crippen LogP contribution in [0.5, 0.6) is 0 Å². The van der Waals surface area contributed by atoms with E-state index in [2.05, 4.69) is 0 Å². The van der Waals surface area contributed by atoms with Gasteiger partial charge < -0.3 is 35.5 Å². The van der Waals surface area contributed by atoms with Crippen LogP contribution in [0.15, 0.2) is 0 Å². The smallest absolute Gasteiger partial charge is 0.512 e. The summed E-state index contributed by atoms with van der Waals surface area (Å²) in [6.45, 7) is 14.2. The van der Waals surface area contributed by atoms with E-state index in [1.54, 1.807) is 0 Å². The van der Waals surface area contributed by atoms with Crippen molar-refractivity contribution in [3.63, 3.8) is 0 Å². The van der Waals surface area contributed by atoms with Gasteiger partial charge in [-0.2, -0.15) is 0 Å². The molecule has 0 rings (SSSR count). The fourth-order valence-electron chi connectivity index (χ4n) is 0. The third-order valence-electron chi connectivity index (χ3n) is 0. The third kappa shape index (κ3) is 3100. The second-order valence-electron chi connectivity index (χ2n) is 0. The van der Waals surface area contributed by atoms with Gasteiger partial charge in [0.25, 0.3) is 0 Å². The molecule has 0 atom stereocenters. The Kier molecular flexibility index (Phi) is 20400. The Labute approximate surface area is 76.1 Å². The predicted octanol–water partition coefficient (Wildman–Crippen LogP) is 0.289. The molecule has 0 aromatic heterocycles. The Hall–Kier alpha value is -0.166. The van der Waals surface area contributed by atoms with Gasteiger partial charge in [0.1, 0.15) is 0 Å². The van der Waals surface area contributed by atoms with Crippen LogP contribution in [0.1, 0.15) is 0 Å². The molecule has 4 heteroatoms. The minimum absolute atomic E-state index is 0. The molecule has 0 aromatic carbocycles. The van der Waals surface area contributed by atoms with Crippen LogP contribution in [0, 0.1) is 76.8 Å². The maximum Gasteiger partial charge on any atom is 3.00 e. The second-order valence-corrected chi connectivity index (χ2v) is 0. The van der Waals surface area contributed by atoms with Gasteiger partial charge in [0.15, 0.2) is 0 Å². The first kappa shape index (κ1) is 29.0. The minimum Gasteiger partial charge on any atom is -0.512 e. The van der Waals surface area contributed by atoms with Crippen molar-refractivity contribution in [3.8, 4) is 0 Å². The van der Waals surface area contributed by atoms with Crippen LogP contribution in [-0.2, 0) is 0 Å². The molecule has 0 N–H and O–H groups in total. The summed E-state index contributed by atoms with van der Waals surface area (Å²) < 4.78 is 0. The molecule has 0 bridgehead atoms. The average molecular weight is 219 g/mol. The van der Waals surface area contributed by atoms with Crippen LogP contribution < -0.4 is 0 Å². The molecule has 0 saturated carbocycles. The summed E-state index contributed by atoms with van der Waals surface area (Å²) in [7, 11) is 0. The van der Waals surface area contributed by atoms with E-state index in [-0.39, 0.29) is 41.3 Å². The molecule has 0 aliphatic heterocycles. The van der Waals surface area contributed by atoms with Crippen LogP contribution in [0.4, 0.5) is 0 Å². The minimum atomic E-state index is 0. The summed E-state index contributed by atoms with van der Waals surface area (Å²) in [6, 6.07) is 0. The number of hydrogen-bond acceptors (Lipinski definition) is 3. The quantitative estimate of drug-likeness (QED) is 0.549. The van der Waals surface area contributed by atoms with Crippen molar-refractivity contribution in [2.45, 2.75) is 0 Å². The molecule has 0 amide bonds. The Morgan fingerprint density at radius 1 is 0.571 bits per heavy atom. The van der Waals surface area contributed by atoms with Gasteiger partial charge in [-0.3, -0.25) is 0 Å². The molecule has 0 saturated heterocycles. The van der Waals surface area contributed by atoms with Crippen molar-refractivity contribution >= 4 is 0 Å². The van der Waals surface area contributed by atoms with Gasteiger partial charge in [0.05, 0.1) is 0 Å². The molecule has 0 heterocycles. The Morgan fingerprint density at radius 3 is 0.571 bits per heavy atom. The summed E-state index contributed by atoms with van der Waals surface area (Å²) in [5.74, 6) is 0. The molecule has 0 spiro atoms. The molecular weight excluding hydrogens is 219 g/mol. The normalized spacial score (nSPS) is 0.857. The first-order valence-electron chi connectivity index (χ1n) is 0.671. The van der Waals surface area contributed by atoms with Crippen LogP contribution >= 0.6 is 0 Å². The summed E-state index contributed by atoms with van der Waals surface area (Å²) in [6.07, 6.45) is 0. The Balaban J connectivity index is -0.00000000900. The van der Waals surface area contributed by atoms with Gasteiger partial charge in [-0.1, -0.05) is 0 Å². The zero-order valence-corrected chi connectivity index (χ0v) is 7.12. The summed E-state index contributed by atoms with van der Waals surface area (Å²) in [5.41, 5.74) is 0. The van der Waals surface area contributed by atoms with E-state index in [0.29, 0.717) is 0 Å². The maximum absolute atomic E-state index is 6.25. The Bertz CT molecular complexity index is 38.7. The average Bonchev–Trinajstić information content (AvgIpc) is 1.81. The first-order valence-corrected chi connectivity index (χ1v) is 0.671. The number of nitrogens with zero attached hydrogens (tertiary/aromatic N) is 3. The summed E-state index contributed by atoms with van der Waals surface area (Å²) >= 11 is 0. The van der Waals surface area contributed by atoms with Gasteiger partial charge in [0.2, 0.25) is 0 Å². The van der Waals surface area contributed by atoms with Gasteiger partial charge in [0, 0.05) is 0 Å². The largest absolute Gasteiger partial charge is 3.00 e. The molecule has 0 radical (unpaired) electrons. The summed E-state index contributed by atoms with van der Waals surface area (Å²) in [5, 5.41) is 18.8. The van der Waals surface area contributed by atoms with Crippen LogP contribution in [0.2, 0.25) is 0 Å². The second kappa shape index (κ2) is 4920. The predicted molar refractivity (Wildman–Crippen MR) is 14.9 cm³/mol. The molecule has 0 fully saturated rings.